The monoisotopic (exact) mass is 255 g/mol. The molecule has 0 aliphatic carbocycles. The molecule has 3 aliphatic heterocycles. The number of piperazine rings is 1. The largest absolute Gasteiger partial charge is 0.317 e. The molecule has 0 amide bonds. The number of rotatable bonds is 2. The van der Waals surface area contributed by atoms with Crippen LogP contribution in [0.3, 0.4) is 0 Å². The van der Waals surface area contributed by atoms with Gasteiger partial charge in [-0.05, 0) is 38.1 Å². The molecule has 3 fully saturated rings. The number of thioether (sulfide) groups is 1. The molecule has 3 rings (SSSR count). The maximum atomic E-state index is 3.47. The van der Waals surface area contributed by atoms with Gasteiger partial charge in [0.05, 0.1) is 0 Å². The lowest BCUT2D eigenvalue weighted by Gasteiger charge is -2.42. The molecule has 0 aromatic rings. The van der Waals surface area contributed by atoms with Crippen LogP contribution in [-0.4, -0.2) is 72.7 Å². The van der Waals surface area contributed by atoms with Crippen molar-refractivity contribution in [3.05, 3.63) is 0 Å². The summed E-state index contributed by atoms with van der Waals surface area (Å²) >= 11 is 2.14. The highest BCUT2D eigenvalue weighted by molar-refractivity contribution is 7.99. The number of nitrogens with zero attached hydrogens (tertiary/aromatic N) is 2. The zero-order chi connectivity index (χ0) is 11.5. The molecule has 0 saturated carbocycles. The standard InChI is InChI=1S/C13H25N3S/c1-4-14-5-2-12(1)15-6-8-16(9-7-15)13-3-10-17-11-13/h12-14H,1-11H2/t13-/m0/s1. The van der Waals surface area contributed by atoms with Gasteiger partial charge in [-0.2, -0.15) is 11.8 Å². The Bertz CT molecular complexity index is 229. The fourth-order valence-electron chi connectivity index (χ4n) is 3.45. The zero-order valence-corrected chi connectivity index (χ0v) is 11.6. The van der Waals surface area contributed by atoms with Crippen LogP contribution in [0.4, 0.5) is 0 Å². The van der Waals surface area contributed by atoms with Crippen LogP contribution < -0.4 is 5.32 Å². The van der Waals surface area contributed by atoms with Gasteiger partial charge in [-0.3, -0.25) is 9.80 Å². The van der Waals surface area contributed by atoms with Crippen molar-refractivity contribution in [2.24, 2.45) is 0 Å². The predicted octanol–water partition coefficient (Wildman–Crippen LogP) is 0.861. The van der Waals surface area contributed by atoms with Crippen LogP contribution in [0.2, 0.25) is 0 Å². The van der Waals surface area contributed by atoms with Crippen LogP contribution in [0.15, 0.2) is 0 Å². The van der Waals surface area contributed by atoms with Gasteiger partial charge in [-0.15, -0.1) is 0 Å². The van der Waals surface area contributed by atoms with E-state index in [1.54, 1.807) is 0 Å². The van der Waals surface area contributed by atoms with E-state index in [-0.39, 0.29) is 0 Å². The third-order valence-electron chi connectivity index (χ3n) is 4.60. The van der Waals surface area contributed by atoms with Gasteiger partial charge < -0.3 is 5.32 Å². The second-order valence-corrected chi connectivity index (χ2v) is 6.72. The molecule has 3 saturated heterocycles. The predicted molar refractivity (Wildman–Crippen MR) is 74.8 cm³/mol. The van der Waals surface area contributed by atoms with Crippen molar-refractivity contribution >= 4 is 11.8 Å². The van der Waals surface area contributed by atoms with Crippen molar-refractivity contribution in [3.63, 3.8) is 0 Å². The Morgan fingerprint density at radius 1 is 0.824 bits per heavy atom. The first-order valence-corrected chi connectivity index (χ1v) is 8.35. The summed E-state index contributed by atoms with van der Waals surface area (Å²) in [5.74, 6) is 2.77. The molecule has 98 valence electrons. The zero-order valence-electron chi connectivity index (χ0n) is 10.7. The number of nitrogens with one attached hydrogen (secondary N) is 1. The van der Waals surface area contributed by atoms with Gasteiger partial charge in [0.15, 0.2) is 0 Å². The summed E-state index contributed by atoms with van der Waals surface area (Å²) < 4.78 is 0. The molecule has 0 spiro atoms. The Kier molecular flexibility index (Phi) is 4.27. The lowest BCUT2D eigenvalue weighted by molar-refractivity contribution is 0.0645. The van der Waals surface area contributed by atoms with Gasteiger partial charge >= 0.3 is 0 Å². The molecule has 0 unspecified atom stereocenters. The summed E-state index contributed by atoms with van der Waals surface area (Å²) in [4.78, 5) is 5.50. The molecule has 3 heterocycles. The molecule has 1 N–H and O–H groups in total. The van der Waals surface area contributed by atoms with E-state index in [0.717, 1.165) is 12.1 Å². The molecule has 0 radical (unpaired) electrons. The van der Waals surface area contributed by atoms with Crippen molar-refractivity contribution in [1.82, 2.24) is 15.1 Å². The quantitative estimate of drug-likeness (QED) is 0.788. The summed E-state index contributed by atoms with van der Waals surface area (Å²) in [5, 5.41) is 3.47. The van der Waals surface area contributed by atoms with E-state index >= 15 is 0 Å². The average molecular weight is 255 g/mol. The summed E-state index contributed by atoms with van der Waals surface area (Å²) in [6, 6.07) is 1.77. The van der Waals surface area contributed by atoms with E-state index in [0.29, 0.717) is 0 Å². The summed E-state index contributed by atoms with van der Waals surface area (Å²) in [6.07, 6.45) is 4.15. The molecule has 0 aromatic heterocycles. The van der Waals surface area contributed by atoms with Gasteiger partial charge in [0, 0.05) is 44.0 Å². The molecular formula is C13H25N3S. The number of piperidine rings is 1. The lowest BCUT2D eigenvalue weighted by atomic mass is 10.0. The second-order valence-electron chi connectivity index (χ2n) is 5.57. The Balaban J connectivity index is 1.46. The first kappa shape index (κ1) is 12.3. The topological polar surface area (TPSA) is 18.5 Å². The van der Waals surface area contributed by atoms with E-state index in [4.69, 9.17) is 0 Å². The molecule has 1 atom stereocenters. The molecule has 17 heavy (non-hydrogen) atoms. The minimum Gasteiger partial charge on any atom is -0.317 e. The van der Waals surface area contributed by atoms with Crippen LogP contribution >= 0.6 is 11.8 Å². The van der Waals surface area contributed by atoms with Crippen LogP contribution in [-0.2, 0) is 0 Å². The first-order valence-electron chi connectivity index (χ1n) is 7.20. The van der Waals surface area contributed by atoms with Crippen molar-refractivity contribution in [2.75, 3.05) is 50.8 Å². The molecular weight excluding hydrogens is 230 g/mol. The third-order valence-corrected chi connectivity index (χ3v) is 5.74. The fourth-order valence-corrected chi connectivity index (χ4v) is 4.70. The van der Waals surface area contributed by atoms with Crippen molar-refractivity contribution in [1.29, 1.82) is 0 Å². The van der Waals surface area contributed by atoms with Gasteiger partial charge in [0.2, 0.25) is 0 Å². The Hall–Kier alpha value is 0.230. The highest BCUT2D eigenvalue weighted by atomic mass is 32.2. The highest BCUT2D eigenvalue weighted by Crippen LogP contribution is 2.24. The molecule has 3 nitrogen and oxygen atoms in total. The maximum absolute atomic E-state index is 3.47. The maximum Gasteiger partial charge on any atom is 0.0195 e. The Morgan fingerprint density at radius 3 is 2.06 bits per heavy atom. The summed E-state index contributed by atoms with van der Waals surface area (Å²) in [6.45, 7) is 7.70. The van der Waals surface area contributed by atoms with E-state index < -0.39 is 0 Å². The van der Waals surface area contributed by atoms with E-state index in [1.807, 2.05) is 0 Å². The number of hydrogen-bond donors (Lipinski definition) is 1. The van der Waals surface area contributed by atoms with E-state index in [2.05, 4.69) is 26.9 Å². The first-order chi connectivity index (χ1) is 8.43. The van der Waals surface area contributed by atoms with Crippen molar-refractivity contribution in [3.8, 4) is 0 Å². The van der Waals surface area contributed by atoms with Gasteiger partial charge in [-0.25, -0.2) is 0 Å². The number of hydrogen-bond acceptors (Lipinski definition) is 4. The fraction of sp³-hybridized carbons (Fsp3) is 1.00. The lowest BCUT2D eigenvalue weighted by Crippen LogP contribution is -2.54. The Morgan fingerprint density at radius 2 is 1.47 bits per heavy atom. The molecule has 0 aromatic carbocycles. The minimum atomic E-state index is 0.872. The van der Waals surface area contributed by atoms with Crippen LogP contribution in [0.25, 0.3) is 0 Å². The van der Waals surface area contributed by atoms with Crippen molar-refractivity contribution < 1.29 is 0 Å². The smallest absolute Gasteiger partial charge is 0.0195 e. The third kappa shape index (κ3) is 2.98. The molecule has 3 aliphatic rings. The molecule has 4 heteroatoms. The van der Waals surface area contributed by atoms with E-state index in [1.165, 1.54) is 70.0 Å². The van der Waals surface area contributed by atoms with Crippen molar-refractivity contribution in [2.45, 2.75) is 31.3 Å². The van der Waals surface area contributed by atoms with Gasteiger partial charge in [-0.1, -0.05) is 0 Å². The normalized spacial score (nSPS) is 34.2. The summed E-state index contributed by atoms with van der Waals surface area (Å²) in [5.41, 5.74) is 0. The molecule has 0 bridgehead atoms. The van der Waals surface area contributed by atoms with Gasteiger partial charge in [0.1, 0.15) is 0 Å². The summed E-state index contributed by atoms with van der Waals surface area (Å²) in [7, 11) is 0. The van der Waals surface area contributed by atoms with Gasteiger partial charge in [0.25, 0.3) is 0 Å². The van der Waals surface area contributed by atoms with Crippen LogP contribution in [0, 0.1) is 0 Å². The highest BCUT2D eigenvalue weighted by Gasteiger charge is 2.29. The average Bonchev–Trinajstić information content (AvgIpc) is 2.94. The van der Waals surface area contributed by atoms with Crippen LogP contribution in [0.5, 0.6) is 0 Å². The minimum absolute atomic E-state index is 0.872. The second kappa shape index (κ2) is 5.91. The Labute approximate surface area is 109 Å². The van der Waals surface area contributed by atoms with Crippen LogP contribution in [0.1, 0.15) is 19.3 Å². The SMILES string of the molecule is C1CC(N2CCN([C@H]3CCSC3)CC2)CCN1. The van der Waals surface area contributed by atoms with E-state index in [9.17, 15) is 0 Å².